The Morgan fingerprint density at radius 3 is 2.64 bits per heavy atom. The van der Waals surface area contributed by atoms with Crippen LogP contribution in [0.1, 0.15) is 95.2 Å². The fourth-order valence-corrected chi connectivity index (χ4v) is 3.96. The van der Waals surface area contributed by atoms with Crippen LogP contribution in [0.2, 0.25) is 0 Å². The summed E-state index contributed by atoms with van der Waals surface area (Å²) in [5, 5.41) is 3.39. The van der Waals surface area contributed by atoms with Crippen LogP contribution in [-0.2, 0) is 17.6 Å². The second-order valence-electron chi connectivity index (χ2n) is 7.74. The second-order valence-corrected chi connectivity index (χ2v) is 7.74. The van der Waals surface area contributed by atoms with E-state index in [1.165, 1.54) is 43.2 Å². The molecule has 0 spiro atoms. The second kappa shape index (κ2) is 15.8. The van der Waals surface area contributed by atoms with Crippen molar-refractivity contribution in [1.82, 2.24) is 5.32 Å². The molecule has 1 N–H and O–H groups in total. The number of fused-ring (bicyclic) bond motifs is 1. The van der Waals surface area contributed by atoms with Gasteiger partial charge >= 0.3 is 0 Å². The number of nitrogens with one attached hydrogen (secondary N) is 1. The third-order valence-electron chi connectivity index (χ3n) is 5.54. The number of benzene rings is 1. The van der Waals surface area contributed by atoms with Gasteiger partial charge in [-0.3, -0.25) is 0 Å². The summed E-state index contributed by atoms with van der Waals surface area (Å²) < 4.78 is 6.07. The molecule has 2 rings (SSSR count). The lowest BCUT2D eigenvalue weighted by Crippen LogP contribution is -2.23. The summed E-state index contributed by atoms with van der Waals surface area (Å²) in [4.78, 5) is 0. The topological polar surface area (TPSA) is 21.3 Å². The van der Waals surface area contributed by atoms with E-state index in [2.05, 4.69) is 56.6 Å². The highest BCUT2D eigenvalue weighted by Crippen LogP contribution is 2.29. The van der Waals surface area contributed by atoms with E-state index >= 15 is 0 Å². The molecular weight excluding hydrogens is 342 g/mol. The van der Waals surface area contributed by atoms with Crippen molar-refractivity contribution >= 4 is 0 Å². The Balaban J connectivity index is 0.00000190. The van der Waals surface area contributed by atoms with Crippen LogP contribution in [0.15, 0.2) is 30.4 Å². The van der Waals surface area contributed by atoms with E-state index < -0.39 is 0 Å². The third-order valence-corrected chi connectivity index (χ3v) is 5.54. The number of aryl methyl sites for hydroxylation is 1. The zero-order chi connectivity index (χ0) is 20.6. The maximum atomic E-state index is 6.07. The van der Waals surface area contributed by atoms with E-state index in [0.717, 1.165) is 38.8 Å². The molecule has 0 bridgehead atoms. The number of hydrogen-bond donors (Lipinski definition) is 1. The van der Waals surface area contributed by atoms with Crippen molar-refractivity contribution in [1.29, 1.82) is 0 Å². The minimum Gasteiger partial charge on any atom is -0.374 e. The quantitative estimate of drug-likeness (QED) is 0.313. The van der Waals surface area contributed by atoms with Crippen LogP contribution in [-0.4, -0.2) is 26.3 Å². The Morgan fingerprint density at radius 1 is 1.11 bits per heavy atom. The van der Waals surface area contributed by atoms with Crippen molar-refractivity contribution in [2.45, 2.75) is 97.5 Å². The van der Waals surface area contributed by atoms with Gasteiger partial charge in [0.15, 0.2) is 0 Å². The summed E-state index contributed by atoms with van der Waals surface area (Å²) in [6.45, 7) is 10.3. The molecule has 2 heteroatoms. The van der Waals surface area contributed by atoms with Crippen molar-refractivity contribution in [2.75, 3.05) is 20.2 Å². The van der Waals surface area contributed by atoms with E-state index in [9.17, 15) is 0 Å². The predicted octanol–water partition coefficient (Wildman–Crippen LogP) is 6.83. The van der Waals surface area contributed by atoms with Gasteiger partial charge in [0.05, 0.1) is 12.7 Å². The molecule has 1 aromatic rings. The smallest absolute Gasteiger partial charge is 0.0651 e. The zero-order valence-corrected chi connectivity index (χ0v) is 19.2. The summed E-state index contributed by atoms with van der Waals surface area (Å²) in [6, 6.07) is 7.23. The number of unbranched alkanes of at least 4 members (excludes halogenated alkanes) is 3. The summed E-state index contributed by atoms with van der Waals surface area (Å²) in [5.74, 6) is 0.648. The Labute approximate surface area is 175 Å². The van der Waals surface area contributed by atoms with Crippen LogP contribution in [0.5, 0.6) is 0 Å². The van der Waals surface area contributed by atoms with Crippen molar-refractivity contribution in [3.05, 3.63) is 47.0 Å². The van der Waals surface area contributed by atoms with E-state index in [4.69, 9.17) is 4.74 Å². The average molecular weight is 388 g/mol. The SMILES string of the molecule is CC.CCC/C=C\COC1CCc2cc(C(CCCCC)CNC)ccc2C1. The molecule has 2 atom stereocenters. The first-order valence-corrected chi connectivity index (χ1v) is 11.8. The summed E-state index contributed by atoms with van der Waals surface area (Å²) in [6.07, 6.45) is 15.8. The predicted molar refractivity (Wildman–Crippen MR) is 124 cm³/mol. The molecule has 1 aromatic carbocycles. The van der Waals surface area contributed by atoms with Crippen LogP contribution in [0, 0.1) is 0 Å². The molecule has 28 heavy (non-hydrogen) atoms. The molecule has 0 aromatic heterocycles. The van der Waals surface area contributed by atoms with Gasteiger partial charge in [0.2, 0.25) is 0 Å². The van der Waals surface area contributed by atoms with E-state index in [1.807, 2.05) is 13.8 Å². The van der Waals surface area contributed by atoms with Crippen molar-refractivity contribution in [2.24, 2.45) is 0 Å². The normalized spacial score (nSPS) is 17.1. The lowest BCUT2D eigenvalue weighted by Gasteiger charge is -2.26. The molecular formula is C26H45NO. The fourth-order valence-electron chi connectivity index (χ4n) is 3.96. The lowest BCUT2D eigenvalue weighted by molar-refractivity contribution is 0.0641. The molecule has 2 nitrogen and oxygen atoms in total. The molecule has 0 aliphatic heterocycles. The molecule has 0 fully saturated rings. The highest BCUT2D eigenvalue weighted by atomic mass is 16.5. The van der Waals surface area contributed by atoms with E-state index in [1.54, 1.807) is 5.56 Å². The van der Waals surface area contributed by atoms with Gasteiger partial charge in [0, 0.05) is 6.54 Å². The largest absolute Gasteiger partial charge is 0.374 e. The Hall–Kier alpha value is -1.12. The fraction of sp³-hybridized carbons (Fsp3) is 0.692. The minimum atomic E-state index is 0.386. The van der Waals surface area contributed by atoms with Crippen LogP contribution in [0.3, 0.4) is 0 Å². The standard InChI is InChI=1S/C24H39NO.C2H6/c1-4-6-8-10-16-26-24-15-14-20-17-21(12-13-22(20)18-24)23(19-25-3)11-9-7-5-2;1-2/h8,10,12-13,17,23-25H,4-7,9,11,14-16,18-19H2,1-3H3;1-2H3/b10-8-;. The van der Waals surface area contributed by atoms with Gasteiger partial charge in [-0.2, -0.15) is 0 Å². The minimum absolute atomic E-state index is 0.386. The molecule has 160 valence electrons. The molecule has 1 aliphatic carbocycles. The number of rotatable bonds is 12. The van der Waals surface area contributed by atoms with Gasteiger partial charge in [-0.25, -0.2) is 0 Å². The molecule has 0 heterocycles. The van der Waals surface area contributed by atoms with Crippen LogP contribution in [0.25, 0.3) is 0 Å². The van der Waals surface area contributed by atoms with Crippen molar-refractivity contribution in [3.8, 4) is 0 Å². The van der Waals surface area contributed by atoms with E-state index in [0.29, 0.717) is 12.0 Å². The summed E-state index contributed by atoms with van der Waals surface area (Å²) in [7, 11) is 2.07. The number of ether oxygens (including phenoxy) is 1. The monoisotopic (exact) mass is 387 g/mol. The van der Waals surface area contributed by atoms with Gasteiger partial charge < -0.3 is 10.1 Å². The summed E-state index contributed by atoms with van der Waals surface area (Å²) >= 11 is 0. The van der Waals surface area contributed by atoms with Crippen LogP contribution in [0.4, 0.5) is 0 Å². The van der Waals surface area contributed by atoms with Crippen molar-refractivity contribution < 1.29 is 4.74 Å². The molecule has 2 unspecified atom stereocenters. The highest BCUT2D eigenvalue weighted by Gasteiger charge is 2.20. The number of likely N-dealkylation sites (N-methyl/N-ethyl adjacent to an activating group) is 1. The van der Waals surface area contributed by atoms with E-state index in [-0.39, 0.29) is 0 Å². The highest BCUT2D eigenvalue weighted by molar-refractivity contribution is 5.36. The molecule has 1 aliphatic rings. The first kappa shape index (κ1) is 24.9. The zero-order valence-electron chi connectivity index (χ0n) is 19.2. The number of hydrogen-bond acceptors (Lipinski definition) is 2. The van der Waals surface area contributed by atoms with Gasteiger partial charge in [-0.05, 0) is 61.8 Å². The lowest BCUT2D eigenvalue weighted by atomic mass is 9.85. The third kappa shape index (κ3) is 8.92. The number of allylic oxidation sites excluding steroid dienone is 1. The first-order chi connectivity index (χ1) is 13.8. The van der Waals surface area contributed by atoms with Crippen LogP contribution >= 0.6 is 0 Å². The first-order valence-electron chi connectivity index (χ1n) is 11.8. The Morgan fingerprint density at radius 2 is 1.93 bits per heavy atom. The average Bonchev–Trinajstić information content (AvgIpc) is 2.74. The Kier molecular flexibility index (Phi) is 14.0. The Bertz CT molecular complexity index is 537. The molecule has 0 saturated heterocycles. The molecule has 0 amide bonds. The van der Waals surface area contributed by atoms with Crippen LogP contribution < -0.4 is 5.32 Å². The summed E-state index contributed by atoms with van der Waals surface area (Å²) in [5.41, 5.74) is 4.58. The van der Waals surface area contributed by atoms with Gasteiger partial charge in [-0.15, -0.1) is 0 Å². The van der Waals surface area contributed by atoms with Gasteiger partial charge in [0.1, 0.15) is 0 Å². The van der Waals surface area contributed by atoms with Gasteiger partial charge in [-0.1, -0.05) is 83.7 Å². The molecule has 0 radical (unpaired) electrons. The molecule has 0 saturated carbocycles. The maximum Gasteiger partial charge on any atom is 0.0651 e. The van der Waals surface area contributed by atoms with Gasteiger partial charge in [0.25, 0.3) is 0 Å². The maximum absolute atomic E-state index is 6.07. The van der Waals surface area contributed by atoms with Crippen molar-refractivity contribution in [3.63, 3.8) is 0 Å².